The molecule has 0 saturated carbocycles. The molecule has 0 spiro atoms. The summed E-state index contributed by atoms with van der Waals surface area (Å²) in [7, 11) is 0. The average molecular weight is 379 g/mol. The largest absolute Gasteiger partial charge is 0.573 e. The molecule has 0 fully saturated rings. The van der Waals surface area contributed by atoms with Gasteiger partial charge < -0.3 is 10.1 Å². The van der Waals surface area contributed by atoms with Crippen LogP contribution in [-0.4, -0.2) is 22.1 Å². The lowest BCUT2D eigenvalue weighted by Gasteiger charge is -2.13. The van der Waals surface area contributed by atoms with Crippen molar-refractivity contribution in [2.75, 3.05) is 5.32 Å². The van der Waals surface area contributed by atoms with Crippen molar-refractivity contribution < 1.29 is 27.1 Å². The van der Waals surface area contributed by atoms with Crippen molar-refractivity contribution in [3.63, 3.8) is 0 Å². The summed E-state index contributed by atoms with van der Waals surface area (Å²) < 4.78 is 56.6. The lowest BCUT2D eigenvalue weighted by atomic mass is 10.2. The number of aromatic nitrogens is 2. The minimum absolute atomic E-state index is 0.0834. The van der Waals surface area contributed by atoms with Crippen molar-refractivity contribution in [3.05, 3.63) is 71.8 Å². The fourth-order valence-electron chi connectivity index (χ4n) is 2.47. The van der Waals surface area contributed by atoms with Crippen LogP contribution in [-0.2, 0) is 0 Å². The Hall–Kier alpha value is -3.36. The van der Waals surface area contributed by atoms with E-state index in [9.17, 15) is 22.4 Å². The Morgan fingerprint density at radius 1 is 1.11 bits per heavy atom. The monoisotopic (exact) mass is 379 g/mol. The van der Waals surface area contributed by atoms with E-state index in [0.29, 0.717) is 5.69 Å². The van der Waals surface area contributed by atoms with Crippen LogP contribution in [0.3, 0.4) is 0 Å². The van der Waals surface area contributed by atoms with Crippen molar-refractivity contribution in [2.24, 2.45) is 0 Å². The lowest BCUT2D eigenvalue weighted by molar-refractivity contribution is -0.274. The summed E-state index contributed by atoms with van der Waals surface area (Å²) in [5, 5.41) is 6.35. The number of nitrogens with one attached hydrogen (secondary N) is 1. The molecule has 0 aliphatic carbocycles. The summed E-state index contributed by atoms with van der Waals surface area (Å²) in [5.74, 6) is -1.77. The molecule has 2 aromatic carbocycles. The summed E-state index contributed by atoms with van der Waals surface area (Å²) in [6, 6.07) is 11.0. The molecule has 0 aliphatic rings. The molecular formula is C18H13F4N3O2. The molecule has 0 saturated heterocycles. The van der Waals surface area contributed by atoms with E-state index >= 15 is 0 Å². The van der Waals surface area contributed by atoms with Gasteiger partial charge in [0.15, 0.2) is 5.75 Å². The fourth-order valence-corrected chi connectivity index (χ4v) is 2.47. The maximum absolute atomic E-state index is 13.9. The molecule has 0 unspecified atom stereocenters. The van der Waals surface area contributed by atoms with Gasteiger partial charge in [0, 0.05) is 0 Å². The van der Waals surface area contributed by atoms with Crippen LogP contribution in [0.5, 0.6) is 5.75 Å². The lowest BCUT2D eigenvalue weighted by Crippen LogP contribution is -2.19. The Labute approximate surface area is 151 Å². The molecule has 140 valence electrons. The van der Waals surface area contributed by atoms with E-state index < -0.39 is 23.8 Å². The smallest absolute Gasteiger partial charge is 0.404 e. The number of nitrogens with zero attached hydrogens (tertiary/aromatic N) is 2. The zero-order valence-corrected chi connectivity index (χ0v) is 13.9. The highest BCUT2D eigenvalue weighted by Gasteiger charge is 2.32. The molecule has 27 heavy (non-hydrogen) atoms. The van der Waals surface area contributed by atoms with E-state index in [4.69, 9.17) is 0 Å². The van der Waals surface area contributed by atoms with Crippen LogP contribution in [0.1, 0.15) is 16.1 Å². The number of hydrogen-bond donors (Lipinski definition) is 1. The number of carbonyl (C=O) groups is 1. The third kappa shape index (κ3) is 4.08. The number of para-hydroxylation sites is 3. The van der Waals surface area contributed by atoms with Crippen LogP contribution in [0.4, 0.5) is 23.2 Å². The van der Waals surface area contributed by atoms with Crippen molar-refractivity contribution in [2.45, 2.75) is 13.3 Å². The minimum atomic E-state index is -4.90. The van der Waals surface area contributed by atoms with Crippen LogP contribution < -0.4 is 10.1 Å². The molecule has 1 N–H and O–H groups in total. The second-order valence-electron chi connectivity index (χ2n) is 5.50. The van der Waals surface area contributed by atoms with E-state index in [1.807, 2.05) is 0 Å². The van der Waals surface area contributed by atoms with Gasteiger partial charge in [0.2, 0.25) is 0 Å². The van der Waals surface area contributed by atoms with Gasteiger partial charge in [0.1, 0.15) is 11.5 Å². The molecule has 0 radical (unpaired) electrons. The SMILES string of the molecule is Cc1c(C(=O)Nc2ccccc2OC(F)(F)F)cnn1-c1ccccc1F. The summed E-state index contributed by atoms with van der Waals surface area (Å²) in [4.78, 5) is 12.5. The van der Waals surface area contributed by atoms with Gasteiger partial charge in [-0.25, -0.2) is 9.07 Å². The van der Waals surface area contributed by atoms with Gasteiger partial charge in [-0.05, 0) is 31.2 Å². The molecule has 1 amide bonds. The fraction of sp³-hybridized carbons (Fsp3) is 0.111. The van der Waals surface area contributed by atoms with Crippen LogP contribution in [0.15, 0.2) is 54.7 Å². The molecule has 0 atom stereocenters. The Morgan fingerprint density at radius 3 is 2.48 bits per heavy atom. The summed E-state index contributed by atoms with van der Waals surface area (Å²) in [6.07, 6.45) is -3.68. The number of benzene rings is 2. The summed E-state index contributed by atoms with van der Waals surface area (Å²) >= 11 is 0. The predicted octanol–water partition coefficient (Wildman–Crippen LogP) is 4.47. The molecule has 1 heterocycles. The Morgan fingerprint density at radius 2 is 1.78 bits per heavy atom. The third-order valence-corrected chi connectivity index (χ3v) is 3.70. The van der Waals surface area contributed by atoms with Gasteiger partial charge in [0.05, 0.1) is 23.1 Å². The minimum Gasteiger partial charge on any atom is -0.404 e. The number of ether oxygens (including phenoxy) is 1. The van der Waals surface area contributed by atoms with E-state index in [2.05, 4.69) is 15.2 Å². The van der Waals surface area contributed by atoms with Crippen molar-refractivity contribution in [3.8, 4) is 11.4 Å². The van der Waals surface area contributed by atoms with Gasteiger partial charge in [-0.15, -0.1) is 13.2 Å². The Kier molecular flexibility index (Phi) is 4.85. The number of rotatable bonds is 4. The molecule has 0 aliphatic heterocycles. The topological polar surface area (TPSA) is 56.1 Å². The van der Waals surface area contributed by atoms with Crippen LogP contribution in [0.2, 0.25) is 0 Å². The van der Waals surface area contributed by atoms with Gasteiger partial charge in [0.25, 0.3) is 5.91 Å². The van der Waals surface area contributed by atoms with Gasteiger partial charge in [-0.3, -0.25) is 4.79 Å². The van der Waals surface area contributed by atoms with E-state index in [1.165, 1.54) is 47.3 Å². The molecule has 3 aromatic rings. The quantitative estimate of drug-likeness (QED) is 0.681. The summed E-state index contributed by atoms with van der Waals surface area (Å²) in [5.41, 5.74) is 0.402. The molecule has 0 bridgehead atoms. The number of alkyl halides is 3. The zero-order valence-electron chi connectivity index (χ0n) is 13.9. The second kappa shape index (κ2) is 7.10. The maximum Gasteiger partial charge on any atom is 0.573 e. The number of hydrogen-bond acceptors (Lipinski definition) is 3. The van der Waals surface area contributed by atoms with Gasteiger partial charge in [-0.1, -0.05) is 24.3 Å². The first-order valence-electron chi connectivity index (χ1n) is 7.72. The first-order chi connectivity index (χ1) is 12.8. The van der Waals surface area contributed by atoms with Crippen LogP contribution in [0.25, 0.3) is 5.69 Å². The van der Waals surface area contributed by atoms with Crippen LogP contribution in [0, 0.1) is 12.7 Å². The third-order valence-electron chi connectivity index (χ3n) is 3.70. The standard InChI is InChI=1S/C18H13F4N3O2/c1-11-12(10-23-25(11)15-8-4-2-6-13(15)19)17(26)24-14-7-3-5-9-16(14)27-18(20,21)22/h2-10H,1H3,(H,24,26). The van der Waals surface area contributed by atoms with E-state index in [1.54, 1.807) is 13.0 Å². The van der Waals surface area contributed by atoms with Gasteiger partial charge in [-0.2, -0.15) is 5.10 Å². The number of halogens is 4. The highest BCUT2D eigenvalue weighted by molar-refractivity contribution is 6.05. The first-order valence-corrected chi connectivity index (χ1v) is 7.72. The normalized spacial score (nSPS) is 11.3. The Bertz CT molecular complexity index is 983. The van der Waals surface area contributed by atoms with E-state index in [0.717, 1.165) is 6.07 Å². The predicted molar refractivity (Wildman–Crippen MR) is 89.3 cm³/mol. The highest BCUT2D eigenvalue weighted by Crippen LogP contribution is 2.30. The van der Waals surface area contributed by atoms with Gasteiger partial charge >= 0.3 is 6.36 Å². The molecule has 9 heteroatoms. The molecular weight excluding hydrogens is 366 g/mol. The van der Waals surface area contributed by atoms with E-state index in [-0.39, 0.29) is 16.9 Å². The zero-order chi connectivity index (χ0) is 19.6. The van der Waals surface area contributed by atoms with Crippen LogP contribution >= 0.6 is 0 Å². The first kappa shape index (κ1) is 18.4. The number of amides is 1. The highest BCUT2D eigenvalue weighted by atomic mass is 19.4. The molecule has 3 rings (SSSR count). The van der Waals surface area contributed by atoms with Crippen molar-refractivity contribution in [1.82, 2.24) is 9.78 Å². The number of carbonyl (C=O) groups excluding carboxylic acids is 1. The molecule has 1 aromatic heterocycles. The maximum atomic E-state index is 13.9. The second-order valence-corrected chi connectivity index (χ2v) is 5.50. The summed E-state index contributed by atoms with van der Waals surface area (Å²) in [6.45, 7) is 1.55. The average Bonchev–Trinajstić information content (AvgIpc) is 2.97. The molecule has 5 nitrogen and oxygen atoms in total. The van der Waals surface area contributed by atoms with Crippen molar-refractivity contribution >= 4 is 11.6 Å². The van der Waals surface area contributed by atoms with Crippen molar-refractivity contribution in [1.29, 1.82) is 0 Å². The Balaban J connectivity index is 1.88. The number of anilines is 1.